The summed E-state index contributed by atoms with van der Waals surface area (Å²) in [4.78, 5) is 17.3. The molecule has 0 radical (unpaired) electrons. The Hall–Kier alpha value is -1.67. The molecule has 124 valence electrons. The van der Waals surface area contributed by atoms with E-state index < -0.39 is 0 Å². The Kier molecular flexibility index (Phi) is 6.79. The fourth-order valence-electron chi connectivity index (χ4n) is 1.79. The molecule has 1 aromatic carbocycles. The Morgan fingerprint density at radius 2 is 2.13 bits per heavy atom. The fraction of sp³-hybridized carbons (Fsp3) is 0.400. The summed E-state index contributed by atoms with van der Waals surface area (Å²) in [5.74, 6) is 1.50. The quantitative estimate of drug-likeness (QED) is 0.525. The van der Waals surface area contributed by atoms with Crippen LogP contribution >= 0.6 is 23.5 Å². The van der Waals surface area contributed by atoms with Crippen molar-refractivity contribution in [1.29, 1.82) is 0 Å². The summed E-state index contributed by atoms with van der Waals surface area (Å²) in [6.45, 7) is 6.66. The number of aromatic nitrogens is 3. The molecule has 2 aromatic rings. The van der Waals surface area contributed by atoms with Crippen molar-refractivity contribution in [3.05, 3.63) is 30.1 Å². The number of aryl methyl sites for hydroxylation is 1. The van der Waals surface area contributed by atoms with Crippen LogP contribution in [0.4, 0.5) is 10.5 Å². The minimum atomic E-state index is -0.200. The standard InChI is InChI=1S/C15H21N5OS2/c1-10(2)23-13-7-5-4-6-12(13)18-14(21)16-8-9-22-15-17-11(3)19-20-15/h4-7,10H,8-9H2,1-3H3,(H2,16,18,21)(H,17,19,20). The van der Waals surface area contributed by atoms with E-state index in [2.05, 4.69) is 39.7 Å². The van der Waals surface area contributed by atoms with Crippen LogP contribution in [0, 0.1) is 6.92 Å². The molecule has 0 aliphatic heterocycles. The van der Waals surface area contributed by atoms with Gasteiger partial charge in [0, 0.05) is 22.4 Å². The number of para-hydroxylation sites is 1. The summed E-state index contributed by atoms with van der Waals surface area (Å²) >= 11 is 3.23. The van der Waals surface area contributed by atoms with Gasteiger partial charge in [-0.25, -0.2) is 9.78 Å². The number of hydrogen-bond donors (Lipinski definition) is 3. The Morgan fingerprint density at radius 3 is 2.83 bits per heavy atom. The first-order valence-corrected chi connectivity index (χ1v) is 9.23. The first-order valence-electron chi connectivity index (χ1n) is 7.37. The van der Waals surface area contributed by atoms with Crippen molar-refractivity contribution in [2.45, 2.75) is 36.1 Å². The van der Waals surface area contributed by atoms with Crippen molar-refractivity contribution in [1.82, 2.24) is 20.5 Å². The van der Waals surface area contributed by atoms with Gasteiger partial charge in [-0.1, -0.05) is 37.7 Å². The van der Waals surface area contributed by atoms with Crippen LogP contribution < -0.4 is 10.6 Å². The number of nitrogens with zero attached hydrogens (tertiary/aromatic N) is 2. The third-order valence-corrected chi connectivity index (χ3v) is 4.62. The van der Waals surface area contributed by atoms with Crippen molar-refractivity contribution in [3.8, 4) is 0 Å². The zero-order valence-corrected chi connectivity index (χ0v) is 15.1. The van der Waals surface area contributed by atoms with Crippen LogP contribution in [0.5, 0.6) is 0 Å². The van der Waals surface area contributed by atoms with E-state index in [1.54, 1.807) is 11.8 Å². The second-order valence-corrected chi connectivity index (χ2v) is 7.78. The maximum absolute atomic E-state index is 12.0. The number of amides is 2. The van der Waals surface area contributed by atoms with Crippen molar-refractivity contribution in [2.75, 3.05) is 17.6 Å². The van der Waals surface area contributed by atoms with Crippen LogP contribution in [0.15, 0.2) is 34.3 Å². The number of aromatic amines is 1. The Labute approximate surface area is 144 Å². The zero-order valence-electron chi connectivity index (χ0n) is 13.4. The Balaban J connectivity index is 1.76. The molecule has 0 unspecified atom stereocenters. The molecule has 0 aliphatic rings. The predicted molar refractivity (Wildman–Crippen MR) is 96.3 cm³/mol. The first kappa shape index (κ1) is 17.7. The minimum Gasteiger partial charge on any atom is -0.337 e. The second-order valence-electron chi connectivity index (χ2n) is 5.10. The molecule has 8 heteroatoms. The molecule has 0 aliphatic carbocycles. The number of H-pyrrole nitrogens is 1. The number of hydrogen-bond acceptors (Lipinski definition) is 5. The van der Waals surface area contributed by atoms with E-state index in [-0.39, 0.29) is 6.03 Å². The molecular weight excluding hydrogens is 330 g/mol. The molecule has 0 saturated carbocycles. The molecule has 0 saturated heterocycles. The number of carbonyl (C=O) groups is 1. The summed E-state index contributed by atoms with van der Waals surface area (Å²) in [6.07, 6.45) is 0. The summed E-state index contributed by atoms with van der Waals surface area (Å²) < 4.78 is 0. The number of nitrogens with one attached hydrogen (secondary N) is 3. The number of rotatable bonds is 7. The highest BCUT2D eigenvalue weighted by Gasteiger charge is 2.08. The summed E-state index contributed by atoms with van der Waals surface area (Å²) in [6, 6.07) is 7.62. The van der Waals surface area contributed by atoms with Gasteiger partial charge in [0.15, 0.2) is 0 Å². The number of thioether (sulfide) groups is 2. The molecule has 1 aromatic heterocycles. The highest BCUT2D eigenvalue weighted by molar-refractivity contribution is 8.00. The lowest BCUT2D eigenvalue weighted by Gasteiger charge is -2.12. The van der Waals surface area contributed by atoms with E-state index in [1.165, 1.54) is 11.8 Å². The van der Waals surface area contributed by atoms with E-state index in [4.69, 9.17) is 0 Å². The van der Waals surface area contributed by atoms with Crippen LogP contribution in [0.3, 0.4) is 0 Å². The average molecular weight is 352 g/mol. The van der Waals surface area contributed by atoms with Crippen LogP contribution in [0.1, 0.15) is 19.7 Å². The molecule has 0 bridgehead atoms. The molecule has 0 fully saturated rings. The van der Waals surface area contributed by atoms with E-state index in [9.17, 15) is 4.79 Å². The topological polar surface area (TPSA) is 82.7 Å². The fourth-order valence-corrected chi connectivity index (χ4v) is 3.40. The highest BCUT2D eigenvalue weighted by atomic mass is 32.2. The van der Waals surface area contributed by atoms with Gasteiger partial charge in [0.25, 0.3) is 0 Å². The molecule has 6 nitrogen and oxygen atoms in total. The maximum Gasteiger partial charge on any atom is 0.319 e. The van der Waals surface area contributed by atoms with Crippen molar-refractivity contribution < 1.29 is 4.79 Å². The largest absolute Gasteiger partial charge is 0.337 e. The zero-order chi connectivity index (χ0) is 16.7. The molecule has 0 spiro atoms. The number of urea groups is 1. The second kappa shape index (κ2) is 8.83. The van der Waals surface area contributed by atoms with Gasteiger partial charge in [-0.2, -0.15) is 0 Å². The SMILES string of the molecule is Cc1nc(SCCNC(=O)Nc2ccccc2SC(C)C)n[nH]1. The first-order chi connectivity index (χ1) is 11.0. The molecule has 23 heavy (non-hydrogen) atoms. The van der Waals surface area contributed by atoms with E-state index in [0.717, 1.165) is 16.4 Å². The van der Waals surface area contributed by atoms with Crippen LogP contribution in [0.2, 0.25) is 0 Å². The molecule has 2 amide bonds. The molecule has 2 rings (SSSR count). The lowest BCUT2D eigenvalue weighted by molar-refractivity contribution is 0.252. The number of carbonyl (C=O) groups excluding carboxylic acids is 1. The maximum atomic E-state index is 12.0. The van der Waals surface area contributed by atoms with Crippen molar-refractivity contribution >= 4 is 35.2 Å². The van der Waals surface area contributed by atoms with Crippen LogP contribution in [-0.2, 0) is 0 Å². The lowest BCUT2D eigenvalue weighted by Crippen LogP contribution is -2.30. The average Bonchev–Trinajstić information content (AvgIpc) is 2.91. The molecule has 1 heterocycles. The smallest absolute Gasteiger partial charge is 0.319 e. The minimum absolute atomic E-state index is 0.200. The van der Waals surface area contributed by atoms with E-state index in [1.807, 2.05) is 31.2 Å². The van der Waals surface area contributed by atoms with Gasteiger partial charge < -0.3 is 10.6 Å². The van der Waals surface area contributed by atoms with Gasteiger partial charge in [-0.05, 0) is 19.1 Å². The predicted octanol–water partition coefficient (Wildman–Crippen LogP) is 3.53. The number of benzene rings is 1. The highest BCUT2D eigenvalue weighted by Crippen LogP contribution is 2.29. The molecule has 0 atom stereocenters. The van der Waals surface area contributed by atoms with Gasteiger partial charge in [0.2, 0.25) is 5.16 Å². The third kappa shape index (κ3) is 6.15. The number of anilines is 1. The van der Waals surface area contributed by atoms with Gasteiger partial charge in [0.1, 0.15) is 5.82 Å². The summed E-state index contributed by atoms with van der Waals surface area (Å²) in [7, 11) is 0. The van der Waals surface area contributed by atoms with Crippen LogP contribution in [0.25, 0.3) is 0 Å². The van der Waals surface area contributed by atoms with Crippen LogP contribution in [-0.4, -0.2) is 38.8 Å². The van der Waals surface area contributed by atoms with E-state index in [0.29, 0.717) is 22.7 Å². The Morgan fingerprint density at radius 1 is 1.35 bits per heavy atom. The van der Waals surface area contributed by atoms with Gasteiger partial charge in [0.05, 0.1) is 5.69 Å². The van der Waals surface area contributed by atoms with Crippen molar-refractivity contribution in [3.63, 3.8) is 0 Å². The normalized spacial score (nSPS) is 10.8. The molecular formula is C15H21N5OS2. The van der Waals surface area contributed by atoms with E-state index >= 15 is 0 Å². The Bertz CT molecular complexity index is 644. The van der Waals surface area contributed by atoms with Crippen molar-refractivity contribution in [2.24, 2.45) is 0 Å². The van der Waals surface area contributed by atoms with Gasteiger partial charge >= 0.3 is 6.03 Å². The molecule has 3 N–H and O–H groups in total. The summed E-state index contributed by atoms with van der Waals surface area (Å²) in [5, 5.41) is 13.7. The van der Waals surface area contributed by atoms with Gasteiger partial charge in [-0.15, -0.1) is 16.9 Å². The monoisotopic (exact) mass is 351 g/mol. The summed E-state index contributed by atoms with van der Waals surface area (Å²) in [5.41, 5.74) is 0.834. The third-order valence-electron chi connectivity index (χ3n) is 2.69. The lowest BCUT2D eigenvalue weighted by atomic mass is 10.3. The van der Waals surface area contributed by atoms with Gasteiger partial charge in [-0.3, -0.25) is 5.10 Å².